The summed E-state index contributed by atoms with van der Waals surface area (Å²) < 4.78 is 0. The summed E-state index contributed by atoms with van der Waals surface area (Å²) in [5, 5.41) is 31.4. The lowest BCUT2D eigenvalue weighted by molar-refractivity contribution is 0.186. The van der Waals surface area contributed by atoms with Crippen LogP contribution < -0.4 is 11.1 Å². The third-order valence-corrected chi connectivity index (χ3v) is 2.58. The van der Waals surface area contributed by atoms with Gasteiger partial charge in [-0.05, 0) is 17.7 Å². The monoisotopic (exact) mass is 222 g/mol. The van der Waals surface area contributed by atoms with Gasteiger partial charge < -0.3 is 26.4 Å². The van der Waals surface area contributed by atoms with Crippen molar-refractivity contribution in [3.05, 3.63) is 29.3 Å². The maximum atomic E-state index is 9.71. The molecule has 2 atom stereocenters. The number of benzene rings is 1. The summed E-state index contributed by atoms with van der Waals surface area (Å²) in [6.07, 6.45) is 1.58. The smallest absolute Gasteiger partial charge is 0.144 e. The molecule has 5 nitrogen and oxygen atoms in total. The molecule has 1 aromatic rings. The third-order valence-electron chi connectivity index (χ3n) is 2.58. The summed E-state index contributed by atoms with van der Waals surface area (Å²) in [5.41, 5.74) is 7.10. The van der Waals surface area contributed by atoms with Crippen LogP contribution in [0.5, 0.6) is 5.75 Å². The average molecular weight is 222 g/mol. The maximum Gasteiger partial charge on any atom is 0.144 e. The minimum absolute atomic E-state index is 0.0337. The molecule has 1 aliphatic rings. The highest BCUT2D eigenvalue weighted by atomic mass is 16.3. The van der Waals surface area contributed by atoms with Crippen LogP contribution >= 0.6 is 0 Å². The Morgan fingerprint density at radius 1 is 1.44 bits per heavy atom. The summed E-state index contributed by atoms with van der Waals surface area (Å²) in [4.78, 5) is 0. The standard InChI is InChI=1S/C11H14N2O3/c12-5-9(15)6-1-3-8(14)11-7(6)2-4-10(16)13-11/h1-4,9-10,13-16H,5,12H2/t9-,10?/m0/s1. The second-order valence-electron chi connectivity index (χ2n) is 3.66. The van der Waals surface area contributed by atoms with Crippen LogP contribution in [0.3, 0.4) is 0 Å². The molecule has 2 rings (SSSR count). The number of nitrogens with one attached hydrogen (secondary N) is 1. The third kappa shape index (κ3) is 1.76. The van der Waals surface area contributed by atoms with Crippen molar-refractivity contribution in [3.63, 3.8) is 0 Å². The van der Waals surface area contributed by atoms with Gasteiger partial charge in [-0.3, -0.25) is 0 Å². The van der Waals surface area contributed by atoms with Gasteiger partial charge in [-0.15, -0.1) is 0 Å². The van der Waals surface area contributed by atoms with E-state index in [9.17, 15) is 15.3 Å². The Morgan fingerprint density at radius 2 is 2.19 bits per heavy atom. The second kappa shape index (κ2) is 4.13. The fraction of sp³-hybridized carbons (Fsp3) is 0.273. The van der Waals surface area contributed by atoms with Gasteiger partial charge in [0.15, 0.2) is 0 Å². The van der Waals surface area contributed by atoms with Crippen molar-refractivity contribution in [1.82, 2.24) is 0 Å². The zero-order valence-corrected chi connectivity index (χ0v) is 8.59. The van der Waals surface area contributed by atoms with E-state index < -0.39 is 12.3 Å². The van der Waals surface area contributed by atoms with Gasteiger partial charge in [-0.25, -0.2) is 0 Å². The van der Waals surface area contributed by atoms with Crippen LogP contribution in [0.4, 0.5) is 5.69 Å². The van der Waals surface area contributed by atoms with Crippen LogP contribution in [0.15, 0.2) is 18.2 Å². The number of anilines is 1. The zero-order valence-electron chi connectivity index (χ0n) is 8.59. The van der Waals surface area contributed by atoms with Crippen LogP contribution in [-0.4, -0.2) is 28.1 Å². The lowest BCUT2D eigenvalue weighted by atomic mass is 9.97. The molecule has 6 N–H and O–H groups in total. The van der Waals surface area contributed by atoms with Crippen LogP contribution in [0, 0.1) is 0 Å². The highest BCUT2D eigenvalue weighted by Gasteiger charge is 2.19. The van der Waals surface area contributed by atoms with E-state index in [0.29, 0.717) is 16.8 Å². The molecule has 1 heterocycles. The van der Waals surface area contributed by atoms with Gasteiger partial charge in [0.1, 0.15) is 12.0 Å². The van der Waals surface area contributed by atoms with E-state index in [1.165, 1.54) is 12.1 Å². The summed E-state index contributed by atoms with van der Waals surface area (Å²) in [7, 11) is 0. The van der Waals surface area contributed by atoms with E-state index in [1.807, 2.05) is 0 Å². The van der Waals surface area contributed by atoms with Gasteiger partial charge in [0.25, 0.3) is 0 Å². The minimum Gasteiger partial charge on any atom is -0.506 e. The fourth-order valence-electron chi connectivity index (χ4n) is 1.76. The van der Waals surface area contributed by atoms with E-state index in [0.717, 1.165) is 0 Å². The topological polar surface area (TPSA) is 98.7 Å². The Morgan fingerprint density at radius 3 is 2.88 bits per heavy atom. The molecule has 1 unspecified atom stereocenters. The van der Waals surface area contributed by atoms with E-state index in [-0.39, 0.29) is 12.3 Å². The van der Waals surface area contributed by atoms with Gasteiger partial charge in [0.05, 0.1) is 11.8 Å². The molecular formula is C11H14N2O3. The van der Waals surface area contributed by atoms with E-state index >= 15 is 0 Å². The molecular weight excluding hydrogens is 208 g/mol. The highest BCUT2D eigenvalue weighted by Crippen LogP contribution is 2.36. The molecule has 0 aliphatic carbocycles. The summed E-state index contributed by atoms with van der Waals surface area (Å²) in [6.45, 7) is 0.105. The average Bonchev–Trinajstić information content (AvgIpc) is 2.29. The Hall–Kier alpha value is -1.56. The van der Waals surface area contributed by atoms with Crippen LogP contribution in [0.25, 0.3) is 6.08 Å². The van der Waals surface area contributed by atoms with Gasteiger partial charge >= 0.3 is 0 Å². The van der Waals surface area contributed by atoms with E-state index in [2.05, 4.69) is 5.32 Å². The van der Waals surface area contributed by atoms with Crippen molar-refractivity contribution < 1.29 is 15.3 Å². The first kappa shape index (κ1) is 10.9. The Bertz CT molecular complexity index is 431. The molecule has 0 aromatic heterocycles. The number of hydrogen-bond acceptors (Lipinski definition) is 5. The fourth-order valence-corrected chi connectivity index (χ4v) is 1.76. The van der Waals surface area contributed by atoms with Crippen LogP contribution in [-0.2, 0) is 0 Å². The number of hydrogen-bond donors (Lipinski definition) is 5. The molecule has 0 fully saturated rings. The quantitative estimate of drug-likeness (QED) is 0.458. The molecule has 0 bridgehead atoms. The normalized spacial score (nSPS) is 20.1. The number of aliphatic hydroxyl groups excluding tert-OH is 2. The summed E-state index contributed by atoms with van der Waals surface area (Å²) in [6, 6.07) is 3.08. The number of nitrogens with two attached hydrogens (primary N) is 1. The second-order valence-corrected chi connectivity index (χ2v) is 3.66. The highest BCUT2D eigenvalue weighted by molar-refractivity contribution is 5.78. The maximum absolute atomic E-state index is 9.71. The number of rotatable bonds is 2. The van der Waals surface area contributed by atoms with E-state index in [4.69, 9.17) is 5.73 Å². The first-order chi connectivity index (χ1) is 7.63. The molecule has 1 aromatic carbocycles. The molecule has 0 amide bonds. The van der Waals surface area contributed by atoms with Gasteiger partial charge in [0.2, 0.25) is 0 Å². The first-order valence-electron chi connectivity index (χ1n) is 5.00. The predicted octanol–water partition coefficient (Wildman–Crippen LogP) is 0.141. The lowest BCUT2D eigenvalue weighted by Gasteiger charge is -2.23. The van der Waals surface area contributed by atoms with Crippen molar-refractivity contribution in [2.75, 3.05) is 11.9 Å². The minimum atomic E-state index is -0.830. The van der Waals surface area contributed by atoms with E-state index in [1.54, 1.807) is 12.1 Å². The molecule has 0 radical (unpaired) electrons. The summed E-state index contributed by atoms with van der Waals surface area (Å²) >= 11 is 0. The SMILES string of the molecule is NC[C@H](O)c1ccc(O)c2c1C=CC(O)N2. The van der Waals surface area contributed by atoms with Crippen molar-refractivity contribution in [3.8, 4) is 5.75 Å². The number of phenols is 1. The Labute approximate surface area is 92.8 Å². The van der Waals surface area contributed by atoms with Crippen LogP contribution in [0.1, 0.15) is 17.2 Å². The van der Waals surface area contributed by atoms with Crippen molar-refractivity contribution in [2.45, 2.75) is 12.3 Å². The first-order valence-corrected chi connectivity index (χ1v) is 5.00. The largest absolute Gasteiger partial charge is 0.506 e. The number of fused-ring (bicyclic) bond motifs is 1. The van der Waals surface area contributed by atoms with Gasteiger partial charge in [0, 0.05) is 12.1 Å². The molecule has 1 aliphatic heterocycles. The number of phenolic OH excluding ortho intramolecular Hbond substituents is 1. The van der Waals surface area contributed by atoms with Crippen molar-refractivity contribution in [1.29, 1.82) is 0 Å². The lowest BCUT2D eigenvalue weighted by Crippen LogP contribution is -2.21. The number of aliphatic hydroxyl groups is 2. The molecule has 0 saturated carbocycles. The van der Waals surface area contributed by atoms with Gasteiger partial charge in [-0.1, -0.05) is 12.1 Å². The van der Waals surface area contributed by atoms with Crippen LogP contribution in [0.2, 0.25) is 0 Å². The van der Waals surface area contributed by atoms with Crippen molar-refractivity contribution in [2.24, 2.45) is 5.73 Å². The number of aromatic hydroxyl groups is 1. The summed E-state index contributed by atoms with van der Waals surface area (Å²) in [5.74, 6) is 0.0337. The molecule has 0 spiro atoms. The zero-order chi connectivity index (χ0) is 11.7. The Balaban J connectivity index is 2.53. The van der Waals surface area contributed by atoms with Gasteiger partial charge in [-0.2, -0.15) is 0 Å². The Kier molecular flexibility index (Phi) is 2.82. The molecule has 0 saturated heterocycles. The van der Waals surface area contributed by atoms with Crippen molar-refractivity contribution >= 4 is 11.8 Å². The molecule has 5 heteroatoms. The predicted molar refractivity (Wildman–Crippen MR) is 60.8 cm³/mol. The molecule has 86 valence electrons. The molecule has 16 heavy (non-hydrogen) atoms.